The lowest BCUT2D eigenvalue weighted by Crippen LogP contribution is -2.37. The maximum absolute atomic E-state index is 13.4. The molecule has 2 amide bonds. The molecule has 0 spiro atoms. The van der Waals surface area contributed by atoms with Gasteiger partial charge in [-0.25, -0.2) is 13.6 Å². The summed E-state index contributed by atoms with van der Waals surface area (Å²) in [7, 11) is 1.66. The number of hydrogen-bond donors (Lipinski definition) is 1. The van der Waals surface area contributed by atoms with E-state index in [9.17, 15) is 13.6 Å². The second-order valence-corrected chi connectivity index (χ2v) is 4.99. The number of carbonyl (C=O) groups excluding carboxylic acids is 1. The fraction of sp³-hybridized carbons (Fsp3) is 0.500. The number of hydrogen-bond acceptors (Lipinski definition) is 2. The lowest BCUT2D eigenvalue weighted by Gasteiger charge is -2.27. The highest BCUT2D eigenvalue weighted by Gasteiger charge is 2.19. The van der Waals surface area contributed by atoms with Crippen LogP contribution in [-0.4, -0.2) is 37.7 Å². The van der Waals surface area contributed by atoms with Gasteiger partial charge in [-0.05, 0) is 30.9 Å². The monoisotopic (exact) mass is 284 g/mol. The lowest BCUT2D eigenvalue weighted by molar-refractivity contribution is 0.0592. The molecule has 0 bridgehead atoms. The van der Waals surface area contributed by atoms with Gasteiger partial charge in [-0.1, -0.05) is 0 Å². The average molecular weight is 284 g/mol. The third-order valence-electron chi connectivity index (χ3n) is 3.39. The fourth-order valence-corrected chi connectivity index (χ4v) is 2.20. The minimum absolute atomic E-state index is 0.0183. The normalized spacial score (nSPS) is 15.9. The van der Waals surface area contributed by atoms with Crippen molar-refractivity contribution in [2.24, 2.45) is 5.92 Å². The molecule has 1 aliphatic heterocycles. The largest absolute Gasteiger partial charge is 0.381 e. The van der Waals surface area contributed by atoms with Gasteiger partial charge in [0, 0.05) is 32.9 Å². The fourth-order valence-electron chi connectivity index (χ4n) is 2.20. The van der Waals surface area contributed by atoms with Crippen LogP contribution in [0.4, 0.5) is 19.3 Å². The van der Waals surface area contributed by atoms with E-state index >= 15 is 0 Å². The summed E-state index contributed by atoms with van der Waals surface area (Å²) in [6.45, 7) is 2.03. The van der Waals surface area contributed by atoms with E-state index in [2.05, 4.69) is 5.32 Å². The first-order valence-corrected chi connectivity index (χ1v) is 6.61. The third kappa shape index (κ3) is 3.90. The molecule has 6 heteroatoms. The molecule has 4 nitrogen and oxygen atoms in total. The Morgan fingerprint density at radius 3 is 2.75 bits per heavy atom. The first kappa shape index (κ1) is 14.7. The van der Waals surface area contributed by atoms with Crippen LogP contribution >= 0.6 is 0 Å². The van der Waals surface area contributed by atoms with Gasteiger partial charge in [0.1, 0.15) is 11.6 Å². The Labute approximate surface area is 116 Å². The number of carbonyl (C=O) groups is 1. The predicted molar refractivity (Wildman–Crippen MR) is 71.5 cm³/mol. The van der Waals surface area contributed by atoms with E-state index in [1.54, 1.807) is 7.05 Å². The summed E-state index contributed by atoms with van der Waals surface area (Å²) < 4.78 is 31.5. The highest BCUT2D eigenvalue weighted by molar-refractivity contribution is 5.89. The number of urea groups is 1. The van der Waals surface area contributed by atoms with Crippen molar-refractivity contribution in [3.8, 4) is 0 Å². The van der Waals surface area contributed by atoms with Crippen LogP contribution in [0.3, 0.4) is 0 Å². The molecule has 0 aliphatic carbocycles. The lowest BCUT2D eigenvalue weighted by atomic mass is 10.00. The van der Waals surface area contributed by atoms with Gasteiger partial charge < -0.3 is 15.0 Å². The SMILES string of the molecule is CN(CC1CCOCC1)C(=O)Nc1ccc(F)cc1F. The van der Waals surface area contributed by atoms with Gasteiger partial charge >= 0.3 is 6.03 Å². The second kappa shape index (κ2) is 6.65. The summed E-state index contributed by atoms with van der Waals surface area (Å²) >= 11 is 0. The molecule has 1 aromatic rings. The molecule has 20 heavy (non-hydrogen) atoms. The van der Waals surface area contributed by atoms with Crippen LogP contribution in [-0.2, 0) is 4.74 Å². The third-order valence-corrected chi connectivity index (χ3v) is 3.39. The standard InChI is InChI=1S/C14H18F2N2O2/c1-18(9-10-4-6-20-7-5-10)14(19)17-13-3-2-11(15)8-12(13)16/h2-3,8,10H,4-7,9H2,1H3,(H,17,19). The molecule has 1 saturated heterocycles. The summed E-state index contributed by atoms with van der Waals surface area (Å²) in [5, 5.41) is 2.44. The summed E-state index contributed by atoms with van der Waals surface area (Å²) in [4.78, 5) is 13.5. The quantitative estimate of drug-likeness (QED) is 0.927. The molecule has 1 heterocycles. The number of anilines is 1. The van der Waals surface area contributed by atoms with Crippen LogP contribution in [0.1, 0.15) is 12.8 Å². The van der Waals surface area contributed by atoms with Crippen LogP contribution < -0.4 is 5.32 Å². The van der Waals surface area contributed by atoms with Crippen molar-refractivity contribution in [2.45, 2.75) is 12.8 Å². The molecule has 0 radical (unpaired) electrons. The van der Waals surface area contributed by atoms with E-state index in [0.717, 1.165) is 25.0 Å². The molecule has 0 unspecified atom stereocenters. The number of ether oxygens (including phenoxy) is 1. The highest BCUT2D eigenvalue weighted by Crippen LogP contribution is 2.18. The van der Waals surface area contributed by atoms with Gasteiger partial charge in [-0.3, -0.25) is 0 Å². The first-order chi connectivity index (χ1) is 9.56. The Morgan fingerprint density at radius 1 is 1.40 bits per heavy atom. The minimum atomic E-state index is -0.780. The molecular formula is C14H18F2N2O2. The molecule has 0 saturated carbocycles. The summed E-state index contributed by atoms with van der Waals surface area (Å²) in [5.74, 6) is -1.05. The molecular weight excluding hydrogens is 266 g/mol. The zero-order valence-corrected chi connectivity index (χ0v) is 11.4. The van der Waals surface area contributed by atoms with E-state index in [4.69, 9.17) is 4.74 Å². The maximum atomic E-state index is 13.4. The minimum Gasteiger partial charge on any atom is -0.381 e. The Bertz CT molecular complexity index is 476. The Balaban J connectivity index is 1.89. The van der Waals surface area contributed by atoms with E-state index in [0.29, 0.717) is 25.7 Å². The number of halogens is 2. The number of benzene rings is 1. The van der Waals surface area contributed by atoms with Crippen LogP contribution in [0.2, 0.25) is 0 Å². The molecule has 1 fully saturated rings. The molecule has 0 aromatic heterocycles. The van der Waals surface area contributed by atoms with Crippen molar-refractivity contribution in [3.63, 3.8) is 0 Å². The van der Waals surface area contributed by atoms with Gasteiger partial charge in [-0.15, -0.1) is 0 Å². The van der Waals surface area contributed by atoms with Gasteiger partial charge in [0.15, 0.2) is 0 Å². The van der Waals surface area contributed by atoms with Crippen LogP contribution in [0, 0.1) is 17.6 Å². The number of nitrogens with zero attached hydrogens (tertiary/aromatic N) is 1. The van der Waals surface area contributed by atoms with Crippen molar-refractivity contribution in [3.05, 3.63) is 29.8 Å². The van der Waals surface area contributed by atoms with Gasteiger partial charge in [0.25, 0.3) is 0 Å². The van der Waals surface area contributed by atoms with Crippen LogP contribution in [0.15, 0.2) is 18.2 Å². The Kier molecular flexibility index (Phi) is 4.89. The summed E-state index contributed by atoms with van der Waals surface area (Å²) in [6.07, 6.45) is 1.84. The number of rotatable bonds is 3. The topological polar surface area (TPSA) is 41.6 Å². The molecule has 1 N–H and O–H groups in total. The Morgan fingerprint density at radius 2 is 2.10 bits per heavy atom. The van der Waals surface area contributed by atoms with Crippen LogP contribution in [0.25, 0.3) is 0 Å². The van der Waals surface area contributed by atoms with Crippen molar-refractivity contribution in [1.82, 2.24) is 4.90 Å². The molecule has 110 valence electrons. The Hall–Kier alpha value is -1.69. The van der Waals surface area contributed by atoms with E-state index in [-0.39, 0.29) is 5.69 Å². The van der Waals surface area contributed by atoms with Gasteiger partial charge in [0.2, 0.25) is 0 Å². The van der Waals surface area contributed by atoms with Crippen molar-refractivity contribution in [2.75, 3.05) is 32.1 Å². The molecule has 0 atom stereocenters. The van der Waals surface area contributed by atoms with Gasteiger partial charge in [0.05, 0.1) is 5.69 Å². The number of nitrogens with one attached hydrogen (secondary N) is 1. The van der Waals surface area contributed by atoms with Crippen LogP contribution in [0.5, 0.6) is 0 Å². The maximum Gasteiger partial charge on any atom is 0.321 e. The smallest absolute Gasteiger partial charge is 0.321 e. The zero-order valence-electron chi connectivity index (χ0n) is 11.4. The molecule has 2 rings (SSSR count). The van der Waals surface area contributed by atoms with Crippen molar-refractivity contribution in [1.29, 1.82) is 0 Å². The number of amides is 2. The predicted octanol–water partition coefficient (Wildman–Crippen LogP) is 2.86. The highest BCUT2D eigenvalue weighted by atomic mass is 19.1. The summed E-state index contributed by atoms with van der Waals surface area (Å²) in [6, 6.07) is 2.66. The summed E-state index contributed by atoms with van der Waals surface area (Å²) in [5.41, 5.74) is -0.0183. The van der Waals surface area contributed by atoms with E-state index in [1.165, 1.54) is 11.0 Å². The average Bonchev–Trinajstić information content (AvgIpc) is 2.43. The van der Waals surface area contributed by atoms with Crippen molar-refractivity contribution >= 4 is 11.7 Å². The van der Waals surface area contributed by atoms with Crippen molar-refractivity contribution < 1.29 is 18.3 Å². The second-order valence-electron chi connectivity index (χ2n) is 4.99. The first-order valence-electron chi connectivity index (χ1n) is 6.61. The molecule has 1 aromatic carbocycles. The van der Waals surface area contributed by atoms with Gasteiger partial charge in [-0.2, -0.15) is 0 Å². The zero-order chi connectivity index (χ0) is 14.5. The van der Waals surface area contributed by atoms with E-state index in [1.807, 2.05) is 0 Å². The van der Waals surface area contributed by atoms with E-state index < -0.39 is 17.7 Å². The molecule has 1 aliphatic rings.